The lowest BCUT2D eigenvalue weighted by atomic mass is 10.2. The molecule has 0 aromatic carbocycles. The third-order valence-electron chi connectivity index (χ3n) is 4.56. The van der Waals surface area contributed by atoms with Gasteiger partial charge in [0.05, 0.1) is 11.6 Å². The summed E-state index contributed by atoms with van der Waals surface area (Å²) < 4.78 is 3.83. The smallest absolute Gasteiger partial charge is 0.232 e. The molecule has 10 heteroatoms. The first kappa shape index (κ1) is 17.8. The van der Waals surface area contributed by atoms with Gasteiger partial charge in [-0.15, -0.1) is 5.10 Å². The van der Waals surface area contributed by atoms with Gasteiger partial charge in [0.2, 0.25) is 5.95 Å². The van der Waals surface area contributed by atoms with E-state index in [0.29, 0.717) is 17.8 Å². The largest absolute Gasteiger partial charge is 0.367 e. The number of aromatic nitrogens is 6. The van der Waals surface area contributed by atoms with Crippen LogP contribution in [0.1, 0.15) is 39.7 Å². The van der Waals surface area contributed by atoms with Crippen LogP contribution in [0.5, 0.6) is 0 Å². The van der Waals surface area contributed by atoms with Crippen molar-refractivity contribution >= 4 is 58.9 Å². The Labute approximate surface area is 168 Å². The number of nitrogens with zero attached hydrogens (tertiary/aromatic N) is 6. The second-order valence-electron chi connectivity index (χ2n) is 6.92. The van der Waals surface area contributed by atoms with E-state index in [1.54, 1.807) is 13.8 Å². The summed E-state index contributed by atoms with van der Waals surface area (Å²) in [5, 5.41) is 16.1. The number of hydrogen-bond donors (Lipinski definition) is 2. The maximum atomic E-state index is 4.71. The SMILES string of the molecule is CC(C)n1cc(Nc2nc(N[C@@H](C)C3CC3)c3ccn(SI)c3n2)nn1. The molecule has 138 valence electrons. The lowest BCUT2D eigenvalue weighted by Crippen LogP contribution is -2.18. The van der Waals surface area contributed by atoms with Crippen LogP contribution in [0.15, 0.2) is 18.5 Å². The monoisotopic (exact) mass is 484 g/mol. The van der Waals surface area contributed by atoms with Gasteiger partial charge >= 0.3 is 0 Å². The van der Waals surface area contributed by atoms with Crippen LogP contribution in [0, 0.1) is 5.92 Å². The van der Waals surface area contributed by atoms with Crippen LogP contribution in [0.25, 0.3) is 11.0 Å². The Hall–Kier alpha value is -1.56. The fraction of sp³-hybridized carbons (Fsp3) is 0.500. The normalized spacial score (nSPS) is 15.6. The highest BCUT2D eigenvalue weighted by Gasteiger charge is 2.28. The number of fused-ring (bicyclic) bond motifs is 1. The Morgan fingerprint density at radius 2 is 2.08 bits per heavy atom. The number of halogens is 1. The number of nitrogens with one attached hydrogen (secondary N) is 2. The molecular weight excluding hydrogens is 463 g/mol. The van der Waals surface area contributed by atoms with Gasteiger partial charge in [-0.3, -0.25) is 3.97 Å². The lowest BCUT2D eigenvalue weighted by Gasteiger charge is -2.15. The molecule has 4 rings (SSSR count). The standard InChI is InChI=1S/C16H21IN8S/c1-9(2)24-8-13(22-23-24)19-16-20-14(18-10(3)11-4-5-11)12-6-7-25(26-17)15(12)21-16/h6-11H,4-5H2,1-3H3,(H2,18,19,20,21)/t10-/m0/s1. The Kier molecular flexibility index (Phi) is 4.95. The Bertz CT molecular complexity index is 916. The van der Waals surface area contributed by atoms with Crippen LogP contribution in [0.4, 0.5) is 17.6 Å². The molecule has 1 aliphatic rings. The van der Waals surface area contributed by atoms with E-state index >= 15 is 0 Å². The Morgan fingerprint density at radius 3 is 2.73 bits per heavy atom. The van der Waals surface area contributed by atoms with Gasteiger partial charge in [0.25, 0.3) is 0 Å². The minimum Gasteiger partial charge on any atom is -0.367 e. The minimum atomic E-state index is 0.255. The van der Waals surface area contributed by atoms with Gasteiger partial charge in [0.1, 0.15) is 5.82 Å². The molecule has 0 bridgehead atoms. The molecule has 0 spiro atoms. The summed E-state index contributed by atoms with van der Waals surface area (Å²) in [5.74, 6) is 2.75. The zero-order chi connectivity index (χ0) is 18.3. The summed E-state index contributed by atoms with van der Waals surface area (Å²) in [6, 6.07) is 2.71. The summed E-state index contributed by atoms with van der Waals surface area (Å²) in [5.41, 5.74) is 0.878. The summed E-state index contributed by atoms with van der Waals surface area (Å²) in [6.45, 7) is 6.34. The average molecular weight is 484 g/mol. The summed E-state index contributed by atoms with van der Waals surface area (Å²) in [7, 11) is 1.58. The van der Waals surface area contributed by atoms with E-state index in [1.807, 2.05) is 16.4 Å². The molecule has 1 aliphatic carbocycles. The van der Waals surface area contributed by atoms with Crippen LogP contribution in [0.2, 0.25) is 0 Å². The molecule has 0 unspecified atom stereocenters. The first-order valence-corrected chi connectivity index (χ1v) is 12.0. The quantitative estimate of drug-likeness (QED) is 0.481. The lowest BCUT2D eigenvalue weighted by molar-refractivity contribution is 0.514. The van der Waals surface area contributed by atoms with Gasteiger partial charge in [0.15, 0.2) is 11.5 Å². The molecule has 1 atom stereocenters. The molecule has 1 saturated carbocycles. The summed E-state index contributed by atoms with van der Waals surface area (Å²) in [4.78, 5) is 9.39. The fourth-order valence-electron chi connectivity index (χ4n) is 2.84. The van der Waals surface area contributed by atoms with E-state index in [4.69, 9.17) is 4.98 Å². The van der Waals surface area contributed by atoms with E-state index in [1.165, 1.54) is 12.8 Å². The molecule has 8 nitrogen and oxygen atoms in total. The van der Waals surface area contributed by atoms with Crippen LogP contribution < -0.4 is 10.6 Å². The van der Waals surface area contributed by atoms with Crippen molar-refractivity contribution in [3.8, 4) is 0 Å². The molecular formula is C16H21IN8S. The van der Waals surface area contributed by atoms with Crippen molar-refractivity contribution in [3.63, 3.8) is 0 Å². The Balaban J connectivity index is 1.68. The van der Waals surface area contributed by atoms with Crippen molar-refractivity contribution in [2.75, 3.05) is 10.6 Å². The molecule has 0 radical (unpaired) electrons. The molecule has 3 aromatic rings. The molecule has 2 N–H and O–H groups in total. The van der Waals surface area contributed by atoms with Gasteiger partial charge in [-0.1, -0.05) is 5.21 Å². The maximum absolute atomic E-state index is 4.71. The number of anilines is 3. The topological polar surface area (TPSA) is 85.5 Å². The number of hydrogen-bond acceptors (Lipinski definition) is 7. The first-order chi connectivity index (χ1) is 12.5. The highest BCUT2D eigenvalue weighted by Crippen LogP contribution is 2.35. The third-order valence-corrected chi connectivity index (χ3v) is 6.27. The van der Waals surface area contributed by atoms with E-state index < -0.39 is 0 Å². The van der Waals surface area contributed by atoms with Gasteiger partial charge in [-0.05, 0) is 45.6 Å². The molecule has 0 aliphatic heterocycles. The third kappa shape index (κ3) is 3.61. The van der Waals surface area contributed by atoms with Crippen molar-refractivity contribution in [1.82, 2.24) is 28.9 Å². The van der Waals surface area contributed by atoms with Crippen molar-refractivity contribution in [3.05, 3.63) is 18.5 Å². The van der Waals surface area contributed by atoms with Gasteiger partial charge in [0, 0.05) is 48.6 Å². The van der Waals surface area contributed by atoms with Crippen molar-refractivity contribution in [2.24, 2.45) is 5.92 Å². The van der Waals surface area contributed by atoms with E-state index in [0.717, 1.165) is 22.8 Å². The van der Waals surface area contributed by atoms with E-state index in [9.17, 15) is 0 Å². The highest BCUT2D eigenvalue weighted by molar-refractivity contribution is 14.2. The highest BCUT2D eigenvalue weighted by atomic mass is 127. The van der Waals surface area contributed by atoms with Crippen LogP contribution in [0.3, 0.4) is 0 Å². The van der Waals surface area contributed by atoms with E-state index in [-0.39, 0.29) is 6.04 Å². The fourth-order valence-corrected chi connectivity index (χ4v) is 4.11. The Morgan fingerprint density at radius 1 is 1.27 bits per heavy atom. The van der Waals surface area contributed by atoms with Crippen LogP contribution >= 0.6 is 30.3 Å². The minimum absolute atomic E-state index is 0.255. The van der Waals surface area contributed by atoms with Gasteiger partial charge in [-0.2, -0.15) is 9.97 Å². The second-order valence-corrected chi connectivity index (χ2v) is 8.63. The molecule has 0 amide bonds. The van der Waals surface area contributed by atoms with Crippen molar-refractivity contribution in [1.29, 1.82) is 0 Å². The zero-order valence-corrected chi connectivity index (χ0v) is 17.8. The predicted molar refractivity (Wildman–Crippen MR) is 114 cm³/mol. The molecule has 26 heavy (non-hydrogen) atoms. The average Bonchev–Trinajstić information content (AvgIpc) is 3.22. The molecule has 1 fully saturated rings. The molecule has 0 saturated heterocycles. The molecule has 3 aromatic heterocycles. The molecule has 3 heterocycles. The second kappa shape index (κ2) is 7.22. The van der Waals surface area contributed by atoms with Crippen molar-refractivity contribution < 1.29 is 0 Å². The summed E-state index contributed by atoms with van der Waals surface area (Å²) in [6.07, 6.45) is 6.46. The van der Waals surface area contributed by atoms with E-state index in [2.05, 4.69) is 74.0 Å². The predicted octanol–water partition coefficient (Wildman–Crippen LogP) is 4.40. The van der Waals surface area contributed by atoms with Gasteiger partial charge in [-0.25, -0.2) is 4.68 Å². The summed E-state index contributed by atoms with van der Waals surface area (Å²) >= 11 is 2.25. The maximum Gasteiger partial charge on any atom is 0.232 e. The van der Waals surface area contributed by atoms with Crippen LogP contribution in [-0.4, -0.2) is 35.0 Å². The zero-order valence-electron chi connectivity index (χ0n) is 14.8. The number of rotatable bonds is 7. The van der Waals surface area contributed by atoms with Crippen molar-refractivity contribution in [2.45, 2.75) is 45.7 Å². The first-order valence-electron chi connectivity index (χ1n) is 8.68. The van der Waals surface area contributed by atoms with Crippen LogP contribution in [-0.2, 0) is 0 Å². The van der Waals surface area contributed by atoms with Gasteiger partial charge < -0.3 is 10.6 Å².